The van der Waals surface area contributed by atoms with E-state index in [1.54, 1.807) is 19.1 Å². The van der Waals surface area contributed by atoms with E-state index in [0.717, 1.165) is 43.1 Å². The monoisotopic (exact) mass is 569 g/mol. The lowest BCUT2D eigenvalue weighted by molar-refractivity contribution is -0.137. The van der Waals surface area contributed by atoms with E-state index >= 15 is 0 Å². The second kappa shape index (κ2) is 11.9. The van der Waals surface area contributed by atoms with Crippen molar-refractivity contribution in [3.8, 4) is 0 Å². The molecule has 204 valence electrons. The van der Waals surface area contributed by atoms with Gasteiger partial charge in [-0.15, -0.1) is 0 Å². The SMILES string of the molecule is C=C(c1ccc(Cl)c(C(=O)n2nc(C)c3cc(C(F)(F)F)cc(C)c32)c1Cl)N1CCC(CC=O)CC1.CO. The van der Waals surface area contributed by atoms with E-state index in [4.69, 9.17) is 28.3 Å². The first-order valence-corrected chi connectivity index (χ1v) is 12.6. The summed E-state index contributed by atoms with van der Waals surface area (Å²) in [5.41, 5.74) is 1.13. The number of aryl methyl sites for hydroxylation is 2. The number of aromatic nitrogens is 2. The molecule has 0 bridgehead atoms. The van der Waals surface area contributed by atoms with Crippen LogP contribution in [0.5, 0.6) is 0 Å². The molecule has 0 saturated carbocycles. The lowest BCUT2D eigenvalue weighted by atomic mass is 9.93. The second-order valence-corrected chi connectivity index (χ2v) is 9.84. The Bertz CT molecular complexity index is 1380. The molecule has 1 aromatic heterocycles. The second-order valence-electron chi connectivity index (χ2n) is 9.05. The zero-order valence-corrected chi connectivity index (χ0v) is 22.7. The van der Waals surface area contributed by atoms with Crippen molar-refractivity contribution in [1.82, 2.24) is 14.7 Å². The smallest absolute Gasteiger partial charge is 0.400 e. The maximum Gasteiger partial charge on any atom is 0.416 e. The normalized spacial score (nSPS) is 14.3. The number of fused-ring (bicyclic) bond motifs is 1. The van der Waals surface area contributed by atoms with Gasteiger partial charge in [0.05, 0.1) is 32.4 Å². The van der Waals surface area contributed by atoms with Gasteiger partial charge in [-0.25, -0.2) is 0 Å². The van der Waals surface area contributed by atoms with Gasteiger partial charge in [-0.05, 0) is 62.4 Å². The molecule has 1 fully saturated rings. The largest absolute Gasteiger partial charge is 0.416 e. The first-order chi connectivity index (χ1) is 17.9. The number of hydrogen-bond acceptors (Lipinski definition) is 5. The highest BCUT2D eigenvalue weighted by Gasteiger charge is 2.33. The standard InChI is InChI=1S/C26H24Cl2F3N3O2.CH4O/c1-14-12-18(26(29,30)31)13-20-15(2)32-34(24(14)20)25(36)22-21(27)5-4-19(23(22)28)16(3)33-9-6-17(7-10-33)8-11-35;1-2/h4-5,11-13,17H,3,6-10H2,1-2H3;2H,1H3. The summed E-state index contributed by atoms with van der Waals surface area (Å²) in [6.07, 6.45) is -1.38. The number of nitrogens with zero attached hydrogens (tertiary/aromatic N) is 3. The van der Waals surface area contributed by atoms with E-state index < -0.39 is 17.6 Å². The summed E-state index contributed by atoms with van der Waals surface area (Å²) in [4.78, 5) is 26.5. The summed E-state index contributed by atoms with van der Waals surface area (Å²) >= 11 is 13.1. The van der Waals surface area contributed by atoms with Gasteiger partial charge >= 0.3 is 6.18 Å². The van der Waals surface area contributed by atoms with Gasteiger partial charge in [-0.1, -0.05) is 29.8 Å². The van der Waals surface area contributed by atoms with Gasteiger partial charge < -0.3 is 14.8 Å². The molecule has 3 aromatic rings. The third kappa shape index (κ3) is 5.75. The van der Waals surface area contributed by atoms with Gasteiger partial charge in [-0.2, -0.15) is 23.0 Å². The third-order valence-corrected chi connectivity index (χ3v) is 7.42. The lowest BCUT2D eigenvalue weighted by Crippen LogP contribution is -2.32. The topological polar surface area (TPSA) is 75.4 Å². The molecule has 0 amide bonds. The Balaban J connectivity index is 0.00000195. The zero-order chi connectivity index (χ0) is 28.4. The van der Waals surface area contributed by atoms with Crippen LogP contribution in [0.25, 0.3) is 16.6 Å². The van der Waals surface area contributed by atoms with Crippen LogP contribution in [-0.2, 0) is 11.0 Å². The molecule has 2 heterocycles. The molecule has 0 unspecified atom stereocenters. The van der Waals surface area contributed by atoms with Crippen molar-refractivity contribution in [1.29, 1.82) is 0 Å². The molecule has 0 spiro atoms. The summed E-state index contributed by atoms with van der Waals surface area (Å²) in [5.74, 6) is -0.313. The Morgan fingerprint density at radius 2 is 1.82 bits per heavy atom. The average Bonchev–Trinajstić information content (AvgIpc) is 3.22. The average molecular weight is 570 g/mol. The van der Waals surface area contributed by atoms with E-state index in [1.165, 1.54) is 6.92 Å². The minimum Gasteiger partial charge on any atom is -0.400 e. The van der Waals surface area contributed by atoms with Crippen LogP contribution in [0.15, 0.2) is 30.8 Å². The fourth-order valence-corrected chi connectivity index (χ4v) is 5.36. The third-order valence-electron chi connectivity index (χ3n) is 6.71. The molecule has 2 aromatic carbocycles. The van der Waals surface area contributed by atoms with E-state index in [9.17, 15) is 22.8 Å². The Kier molecular flexibility index (Phi) is 9.28. The van der Waals surface area contributed by atoms with Crippen LogP contribution in [0.2, 0.25) is 10.0 Å². The Hall–Kier alpha value is -2.88. The molecule has 0 atom stereocenters. The van der Waals surface area contributed by atoms with Crippen LogP contribution in [0, 0.1) is 19.8 Å². The number of likely N-dealkylation sites (tertiary alicyclic amines) is 1. The van der Waals surface area contributed by atoms with Crippen molar-refractivity contribution in [3.63, 3.8) is 0 Å². The van der Waals surface area contributed by atoms with Gasteiger partial charge in [0.2, 0.25) is 0 Å². The summed E-state index contributed by atoms with van der Waals surface area (Å²) in [6, 6.07) is 5.22. The molecule has 1 saturated heterocycles. The summed E-state index contributed by atoms with van der Waals surface area (Å²) in [6.45, 7) is 8.61. The van der Waals surface area contributed by atoms with Crippen molar-refractivity contribution in [2.45, 2.75) is 39.3 Å². The number of aliphatic hydroxyl groups is 1. The first kappa shape index (κ1) is 29.7. The van der Waals surface area contributed by atoms with Gasteiger partial charge in [0, 0.05) is 43.3 Å². The molecule has 1 N–H and O–H groups in total. The molecule has 6 nitrogen and oxygen atoms in total. The molecule has 1 aliphatic rings. The molecule has 1 aliphatic heterocycles. The van der Waals surface area contributed by atoms with Crippen LogP contribution in [-0.4, -0.2) is 52.2 Å². The number of aliphatic hydroxyl groups excluding tert-OH is 1. The van der Waals surface area contributed by atoms with Crippen LogP contribution < -0.4 is 0 Å². The van der Waals surface area contributed by atoms with Crippen LogP contribution in [0.1, 0.15) is 52.0 Å². The number of piperidine rings is 1. The van der Waals surface area contributed by atoms with E-state index in [0.29, 0.717) is 36.7 Å². The van der Waals surface area contributed by atoms with Gasteiger partial charge in [-0.3, -0.25) is 4.79 Å². The molecule has 0 aliphatic carbocycles. The highest BCUT2D eigenvalue weighted by molar-refractivity contribution is 6.41. The summed E-state index contributed by atoms with van der Waals surface area (Å²) in [5, 5.41) is 11.7. The lowest BCUT2D eigenvalue weighted by Gasteiger charge is -2.34. The number of alkyl halides is 3. The van der Waals surface area contributed by atoms with Crippen LogP contribution in [0.4, 0.5) is 13.2 Å². The van der Waals surface area contributed by atoms with Crippen molar-refractivity contribution in [2.24, 2.45) is 5.92 Å². The first-order valence-electron chi connectivity index (χ1n) is 11.9. The number of carbonyl (C=O) groups is 2. The zero-order valence-electron chi connectivity index (χ0n) is 21.2. The minimum absolute atomic E-state index is 0.00322. The number of rotatable bonds is 5. The Morgan fingerprint density at radius 1 is 1.18 bits per heavy atom. The quantitative estimate of drug-likeness (QED) is 0.353. The van der Waals surface area contributed by atoms with Crippen molar-refractivity contribution < 1.29 is 27.9 Å². The van der Waals surface area contributed by atoms with Crippen LogP contribution >= 0.6 is 23.2 Å². The highest BCUT2D eigenvalue weighted by atomic mass is 35.5. The summed E-state index contributed by atoms with van der Waals surface area (Å²) in [7, 11) is 1.00. The Labute approximate surface area is 228 Å². The maximum absolute atomic E-state index is 13.6. The number of aldehydes is 1. The predicted octanol–water partition coefficient (Wildman–Crippen LogP) is 6.55. The molecular weight excluding hydrogens is 542 g/mol. The fraction of sp³-hybridized carbons (Fsp3) is 0.370. The Morgan fingerprint density at radius 3 is 2.39 bits per heavy atom. The van der Waals surface area contributed by atoms with Gasteiger partial charge in [0.1, 0.15) is 6.29 Å². The number of carbonyl (C=O) groups excluding carboxylic acids is 2. The highest BCUT2D eigenvalue weighted by Crippen LogP contribution is 2.37. The number of benzene rings is 2. The van der Waals surface area contributed by atoms with Crippen molar-refractivity contribution in [3.05, 3.63) is 68.8 Å². The molecule has 11 heteroatoms. The van der Waals surface area contributed by atoms with E-state index in [2.05, 4.69) is 16.6 Å². The van der Waals surface area contributed by atoms with Gasteiger partial charge in [0.25, 0.3) is 5.91 Å². The summed E-state index contributed by atoms with van der Waals surface area (Å²) < 4.78 is 41.1. The number of halogens is 5. The van der Waals surface area contributed by atoms with E-state index in [1.807, 2.05) is 0 Å². The predicted molar refractivity (Wildman–Crippen MR) is 143 cm³/mol. The minimum atomic E-state index is -4.53. The van der Waals surface area contributed by atoms with Crippen LogP contribution in [0.3, 0.4) is 0 Å². The molecule has 0 radical (unpaired) electrons. The van der Waals surface area contributed by atoms with Gasteiger partial charge in [0.15, 0.2) is 0 Å². The molecule has 38 heavy (non-hydrogen) atoms. The maximum atomic E-state index is 13.6. The van der Waals surface area contributed by atoms with Crippen molar-refractivity contribution in [2.75, 3.05) is 20.2 Å². The molecule has 4 rings (SSSR count). The molecular formula is C27H28Cl2F3N3O3. The van der Waals surface area contributed by atoms with Crippen molar-refractivity contribution >= 4 is 52.0 Å². The number of hydrogen-bond donors (Lipinski definition) is 1. The van der Waals surface area contributed by atoms with E-state index in [-0.39, 0.29) is 37.8 Å². The fourth-order valence-electron chi connectivity index (χ4n) is 4.72.